The Kier molecular flexibility index (Phi) is 11.2. The van der Waals surface area contributed by atoms with Crippen LogP contribution < -0.4 is 9.62 Å². The maximum atomic E-state index is 14.6. The van der Waals surface area contributed by atoms with Crippen LogP contribution in [0, 0.1) is 20.8 Å². The highest BCUT2D eigenvalue weighted by Gasteiger charge is 2.35. The fourth-order valence-electron chi connectivity index (χ4n) is 5.16. The topological polar surface area (TPSA) is 86.8 Å². The second-order valence-corrected chi connectivity index (χ2v) is 14.4. The lowest BCUT2D eigenvalue weighted by molar-refractivity contribution is -0.140. The predicted molar refractivity (Wildman–Crippen MR) is 184 cm³/mol. The Morgan fingerprint density at radius 3 is 2.02 bits per heavy atom. The van der Waals surface area contributed by atoms with E-state index in [0.29, 0.717) is 5.69 Å². The highest BCUT2D eigenvalue weighted by Crippen LogP contribution is 2.29. The number of aryl methyl sites for hydroxylation is 3. The number of halogens is 1. The minimum atomic E-state index is -4.16. The van der Waals surface area contributed by atoms with Crippen LogP contribution in [0.4, 0.5) is 5.69 Å². The Bertz CT molecular complexity index is 1720. The van der Waals surface area contributed by atoms with Gasteiger partial charge in [0.25, 0.3) is 10.0 Å². The Balaban J connectivity index is 1.82. The minimum absolute atomic E-state index is 0.0821. The number of nitrogens with one attached hydrogen (secondary N) is 1. The minimum Gasteiger partial charge on any atom is -0.352 e. The van der Waals surface area contributed by atoms with Gasteiger partial charge < -0.3 is 10.2 Å². The maximum absolute atomic E-state index is 14.6. The Hall–Kier alpha value is -3.95. The molecule has 0 saturated heterocycles. The first kappa shape index (κ1) is 33.9. The fourth-order valence-corrected chi connectivity index (χ4v) is 6.90. The average molecular weight is 691 g/mol. The van der Waals surface area contributed by atoms with Gasteiger partial charge in [0.1, 0.15) is 12.6 Å². The van der Waals surface area contributed by atoms with E-state index in [-0.39, 0.29) is 29.8 Å². The Morgan fingerprint density at radius 1 is 0.800 bits per heavy atom. The lowest BCUT2D eigenvalue weighted by Crippen LogP contribution is -2.54. The first-order valence-electron chi connectivity index (χ1n) is 14.9. The van der Waals surface area contributed by atoms with E-state index < -0.39 is 28.5 Å². The molecule has 4 aromatic rings. The average Bonchev–Trinajstić information content (AvgIpc) is 2.99. The molecular formula is C36H40BrN3O4S. The Labute approximate surface area is 275 Å². The summed E-state index contributed by atoms with van der Waals surface area (Å²) >= 11 is 3.46. The molecule has 0 unspecified atom stereocenters. The zero-order chi connectivity index (χ0) is 32.7. The molecule has 0 aliphatic heterocycles. The normalized spacial score (nSPS) is 12.1. The van der Waals surface area contributed by atoms with Crippen molar-refractivity contribution in [2.75, 3.05) is 10.8 Å². The quantitative estimate of drug-likeness (QED) is 0.179. The molecular weight excluding hydrogens is 650 g/mol. The molecule has 7 nitrogen and oxygen atoms in total. The zero-order valence-electron chi connectivity index (χ0n) is 26.3. The van der Waals surface area contributed by atoms with Gasteiger partial charge >= 0.3 is 0 Å². The van der Waals surface area contributed by atoms with Gasteiger partial charge in [-0.3, -0.25) is 13.9 Å². The van der Waals surface area contributed by atoms with Gasteiger partial charge in [0, 0.05) is 23.5 Å². The van der Waals surface area contributed by atoms with Crippen molar-refractivity contribution in [3.8, 4) is 0 Å². The van der Waals surface area contributed by atoms with Gasteiger partial charge in [-0.05, 0) is 81.6 Å². The summed E-state index contributed by atoms with van der Waals surface area (Å²) in [5.41, 5.74) is 4.71. The van der Waals surface area contributed by atoms with Gasteiger partial charge in [0.15, 0.2) is 0 Å². The number of carbonyl (C=O) groups is 2. The van der Waals surface area contributed by atoms with Crippen molar-refractivity contribution in [1.82, 2.24) is 10.2 Å². The monoisotopic (exact) mass is 689 g/mol. The van der Waals surface area contributed by atoms with Crippen LogP contribution in [0.25, 0.3) is 0 Å². The summed E-state index contributed by atoms with van der Waals surface area (Å²) in [6, 6.07) is 28.0. The van der Waals surface area contributed by atoms with Crippen molar-refractivity contribution in [2.24, 2.45) is 0 Å². The highest BCUT2D eigenvalue weighted by molar-refractivity contribution is 9.10. The fraction of sp³-hybridized carbons (Fsp3) is 0.278. The number of sulfonamides is 1. The molecule has 4 aromatic carbocycles. The molecule has 2 amide bonds. The van der Waals surface area contributed by atoms with Crippen LogP contribution in [0.1, 0.15) is 41.7 Å². The number of amides is 2. The summed E-state index contributed by atoms with van der Waals surface area (Å²) in [5.74, 6) is -0.799. The van der Waals surface area contributed by atoms with E-state index in [1.54, 1.807) is 30.3 Å². The first-order chi connectivity index (χ1) is 21.3. The van der Waals surface area contributed by atoms with Crippen molar-refractivity contribution in [2.45, 2.75) is 64.6 Å². The summed E-state index contributed by atoms with van der Waals surface area (Å²) in [6.45, 7) is 9.01. The number of anilines is 1. The van der Waals surface area contributed by atoms with E-state index >= 15 is 0 Å². The largest absolute Gasteiger partial charge is 0.352 e. The van der Waals surface area contributed by atoms with E-state index in [4.69, 9.17) is 0 Å². The van der Waals surface area contributed by atoms with Gasteiger partial charge in [0.05, 0.1) is 10.6 Å². The molecule has 0 fully saturated rings. The van der Waals surface area contributed by atoms with Crippen LogP contribution in [0.5, 0.6) is 0 Å². The molecule has 1 atom stereocenters. The number of rotatable bonds is 12. The highest BCUT2D eigenvalue weighted by atomic mass is 79.9. The number of carbonyl (C=O) groups excluding carboxylic acids is 2. The molecule has 1 N–H and O–H groups in total. The van der Waals surface area contributed by atoms with Gasteiger partial charge in [0.2, 0.25) is 11.8 Å². The molecule has 45 heavy (non-hydrogen) atoms. The molecule has 0 aliphatic carbocycles. The summed E-state index contributed by atoms with van der Waals surface area (Å²) < 4.78 is 30.5. The van der Waals surface area contributed by atoms with Crippen molar-refractivity contribution in [3.63, 3.8) is 0 Å². The van der Waals surface area contributed by atoms with E-state index in [2.05, 4.69) is 21.2 Å². The third-order valence-electron chi connectivity index (χ3n) is 7.48. The van der Waals surface area contributed by atoms with Crippen LogP contribution in [0.15, 0.2) is 106 Å². The van der Waals surface area contributed by atoms with E-state index in [1.807, 2.05) is 101 Å². The number of benzene rings is 4. The maximum Gasteiger partial charge on any atom is 0.264 e. The summed E-state index contributed by atoms with van der Waals surface area (Å²) in [4.78, 5) is 30.0. The van der Waals surface area contributed by atoms with Crippen molar-refractivity contribution < 1.29 is 18.0 Å². The standard InChI is InChI=1S/C36H40BrN3O4S/c1-25(2)38-36(42)34(22-29-9-7-6-8-10-29)39(23-30-14-16-31(37)17-15-30)35(41)24-40(33-20-13-27(4)21-28(33)5)45(43,44)32-18-11-26(3)12-19-32/h6-21,25,34H,22-24H2,1-5H3,(H,38,42)/t34-/m1/s1. The van der Waals surface area contributed by atoms with Crippen LogP contribution in [0.3, 0.4) is 0 Å². The van der Waals surface area contributed by atoms with Crippen LogP contribution in [0.2, 0.25) is 0 Å². The molecule has 0 aliphatic rings. The second-order valence-electron chi connectivity index (χ2n) is 11.6. The van der Waals surface area contributed by atoms with E-state index in [9.17, 15) is 18.0 Å². The number of hydrogen-bond acceptors (Lipinski definition) is 4. The van der Waals surface area contributed by atoms with E-state index in [0.717, 1.165) is 32.3 Å². The summed E-state index contributed by atoms with van der Waals surface area (Å²) in [6.07, 6.45) is 0.260. The molecule has 9 heteroatoms. The first-order valence-corrected chi connectivity index (χ1v) is 17.1. The smallest absolute Gasteiger partial charge is 0.264 e. The van der Waals surface area contributed by atoms with Gasteiger partial charge in [-0.15, -0.1) is 0 Å². The molecule has 0 saturated carbocycles. The summed E-state index contributed by atoms with van der Waals surface area (Å²) in [5, 5.41) is 2.98. The number of hydrogen-bond donors (Lipinski definition) is 1. The summed E-state index contributed by atoms with van der Waals surface area (Å²) in [7, 11) is -4.16. The van der Waals surface area contributed by atoms with Gasteiger partial charge in [-0.1, -0.05) is 93.8 Å². The van der Waals surface area contributed by atoms with Crippen LogP contribution in [-0.4, -0.2) is 43.8 Å². The SMILES string of the molecule is Cc1ccc(S(=O)(=O)N(CC(=O)N(Cc2ccc(Br)cc2)[C@H](Cc2ccccc2)C(=O)NC(C)C)c2ccc(C)cc2C)cc1. The van der Waals surface area contributed by atoms with E-state index in [1.165, 1.54) is 9.21 Å². The van der Waals surface area contributed by atoms with Gasteiger partial charge in [-0.25, -0.2) is 8.42 Å². The number of nitrogens with zero attached hydrogens (tertiary/aromatic N) is 2. The molecule has 0 spiro atoms. The molecule has 0 heterocycles. The third kappa shape index (κ3) is 8.83. The predicted octanol–water partition coefficient (Wildman–Crippen LogP) is 6.73. The van der Waals surface area contributed by atoms with Crippen molar-refractivity contribution in [3.05, 3.63) is 129 Å². The zero-order valence-corrected chi connectivity index (χ0v) is 28.7. The van der Waals surface area contributed by atoms with Crippen molar-refractivity contribution >= 4 is 43.5 Å². The van der Waals surface area contributed by atoms with Crippen LogP contribution in [-0.2, 0) is 32.6 Å². The second kappa shape index (κ2) is 14.9. The lowest BCUT2D eigenvalue weighted by atomic mass is 10.0. The molecule has 0 radical (unpaired) electrons. The Morgan fingerprint density at radius 2 is 1.42 bits per heavy atom. The molecule has 0 bridgehead atoms. The third-order valence-corrected chi connectivity index (χ3v) is 9.78. The van der Waals surface area contributed by atoms with Crippen molar-refractivity contribution in [1.29, 1.82) is 0 Å². The molecule has 0 aromatic heterocycles. The van der Waals surface area contributed by atoms with Gasteiger partial charge in [-0.2, -0.15) is 0 Å². The molecule has 4 rings (SSSR count). The van der Waals surface area contributed by atoms with Crippen LogP contribution >= 0.6 is 15.9 Å². The lowest BCUT2D eigenvalue weighted by Gasteiger charge is -2.34. The molecule has 236 valence electrons.